The standard InChI is InChI=1S/C21H26N2O3S/c1-15(2)20(22-27(25,26)19-10-8-16(3)9-11-19)21(24)23-13-12-17-6-4-5-7-18(17)14-23/h4-11,15,20,22H,12-14H2,1-3H3. The van der Waals surface area contributed by atoms with E-state index >= 15 is 0 Å². The van der Waals surface area contributed by atoms with Crippen molar-refractivity contribution < 1.29 is 13.2 Å². The molecule has 1 unspecified atom stereocenters. The van der Waals surface area contributed by atoms with Gasteiger partial charge in [-0.1, -0.05) is 55.8 Å². The van der Waals surface area contributed by atoms with E-state index in [-0.39, 0.29) is 16.7 Å². The molecule has 0 saturated carbocycles. The Morgan fingerprint density at radius 3 is 2.30 bits per heavy atom. The van der Waals surface area contributed by atoms with Gasteiger partial charge in [0.15, 0.2) is 0 Å². The summed E-state index contributed by atoms with van der Waals surface area (Å²) >= 11 is 0. The molecule has 0 fully saturated rings. The van der Waals surface area contributed by atoms with Gasteiger partial charge in [0.05, 0.1) is 4.90 Å². The third-order valence-corrected chi connectivity index (χ3v) is 6.45. The fourth-order valence-electron chi connectivity index (χ4n) is 3.30. The predicted molar refractivity (Wildman–Crippen MR) is 106 cm³/mol. The normalized spacial score (nSPS) is 15.5. The maximum absolute atomic E-state index is 13.1. The van der Waals surface area contributed by atoms with E-state index in [9.17, 15) is 13.2 Å². The first-order valence-corrected chi connectivity index (χ1v) is 10.7. The van der Waals surface area contributed by atoms with Gasteiger partial charge in [0.1, 0.15) is 6.04 Å². The summed E-state index contributed by atoms with van der Waals surface area (Å²) < 4.78 is 28.2. The highest BCUT2D eigenvalue weighted by Crippen LogP contribution is 2.21. The van der Waals surface area contributed by atoms with Gasteiger partial charge in [-0.15, -0.1) is 0 Å². The number of carbonyl (C=O) groups excluding carboxylic acids is 1. The number of hydrogen-bond acceptors (Lipinski definition) is 3. The van der Waals surface area contributed by atoms with Crippen molar-refractivity contribution in [3.05, 3.63) is 65.2 Å². The van der Waals surface area contributed by atoms with Gasteiger partial charge in [0.2, 0.25) is 15.9 Å². The molecule has 1 atom stereocenters. The lowest BCUT2D eigenvalue weighted by Crippen LogP contribution is -2.52. The Hall–Kier alpha value is -2.18. The molecule has 0 spiro atoms. The molecule has 2 aromatic rings. The zero-order valence-electron chi connectivity index (χ0n) is 16.0. The second kappa shape index (κ2) is 7.82. The summed E-state index contributed by atoms with van der Waals surface area (Å²) in [5.74, 6) is -0.329. The van der Waals surface area contributed by atoms with Crippen LogP contribution in [0.1, 0.15) is 30.5 Å². The average molecular weight is 387 g/mol. The first-order chi connectivity index (χ1) is 12.8. The summed E-state index contributed by atoms with van der Waals surface area (Å²) in [5, 5.41) is 0. The van der Waals surface area contributed by atoms with Gasteiger partial charge in [0.25, 0.3) is 0 Å². The monoisotopic (exact) mass is 386 g/mol. The van der Waals surface area contributed by atoms with E-state index in [0.29, 0.717) is 13.1 Å². The lowest BCUT2D eigenvalue weighted by Gasteiger charge is -2.33. The Morgan fingerprint density at radius 1 is 1.04 bits per heavy atom. The number of sulfonamides is 1. The molecule has 2 aromatic carbocycles. The molecule has 5 nitrogen and oxygen atoms in total. The fraction of sp³-hybridized carbons (Fsp3) is 0.381. The maximum Gasteiger partial charge on any atom is 0.241 e. The van der Waals surface area contributed by atoms with Crippen molar-refractivity contribution in [1.82, 2.24) is 9.62 Å². The van der Waals surface area contributed by atoms with Crippen molar-refractivity contribution in [3.8, 4) is 0 Å². The number of hydrogen-bond donors (Lipinski definition) is 1. The van der Waals surface area contributed by atoms with E-state index in [1.807, 2.05) is 39.0 Å². The van der Waals surface area contributed by atoms with Gasteiger partial charge in [0, 0.05) is 13.1 Å². The quantitative estimate of drug-likeness (QED) is 0.859. The molecular weight excluding hydrogens is 360 g/mol. The highest BCUT2D eigenvalue weighted by atomic mass is 32.2. The maximum atomic E-state index is 13.1. The van der Waals surface area contributed by atoms with E-state index in [1.54, 1.807) is 29.2 Å². The van der Waals surface area contributed by atoms with Crippen LogP contribution in [0.4, 0.5) is 0 Å². The molecule has 144 valence electrons. The Balaban J connectivity index is 1.79. The number of fused-ring (bicyclic) bond motifs is 1. The third-order valence-electron chi connectivity index (χ3n) is 4.99. The van der Waals surface area contributed by atoms with E-state index < -0.39 is 16.1 Å². The number of rotatable bonds is 5. The van der Waals surface area contributed by atoms with E-state index in [4.69, 9.17) is 0 Å². The van der Waals surface area contributed by atoms with Crippen molar-refractivity contribution in [3.63, 3.8) is 0 Å². The van der Waals surface area contributed by atoms with Crippen molar-refractivity contribution in [2.24, 2.45) is 5.92 Å². The molecule has 27 heavy (non-hydrogen) atoms. The summed E-state index contributed by atoms with van der Waals surface area (Å²) in [4.78, 5) is 15.0. The summed E-state index contributed by atoms with van der Waals surface area (Å²) in [6.45, 7) is 6.74. The molecule has 0 bridgehead atoms. The lowest BCUT2D eigenvalue weighted by molar-refractivity contribution is -0.135. The Labute approximate surface area is 161 Å². The molecule has 3 rings (SSSR count). The number of benzene rings is 2. The molecule has 0 saturated heterocycles. The number of carbonyl (C=O) groups is 1. The number of amides is 1. The minimum atomic E-state index is -3.76. The number of nitrogens with zero attached hydrogens (tertiary/aromatic N) is 1. The van der Waals surface area contributed by atoms with Crippen LogP contribution in [0.25, 0.3) is 0 Å². The first-order valence-electron chi connectivity index (χ1n) is 9.22. The van der Waals surface area contributed by atoms with Crippen LogP contribution in [0, 0.1) is 12.8 Å². The zero-order chi connectivity index (χ0) is 19.6. The molecule has 0 aliphatic carbocycles. The van der Waals surface area contributed by atoms with Crippen molar-refractivity contribution in [2.75, 3.05) is 6.54 Å². The zero-order valence-corrected chi connectivity index (χ0v) is 16.8. The minimum absolute atomic E-state index is 0.158. The smallest absolute Gasteiger partial charge is 0.241 e. The fourth-order valence-corrected chi connectivity index (χ4v) is 4.64. The number of aryl methyl sites for hydroxylation is 1. The molecule has 0 radical (unpaired) electrons. The highest BCUT2D eigenvalue weighted by molar-refractivity contribution is 7.89. The van der Waals surface area contributed by atoms with Crippen molar-refractivity contribution in [1.29, 1.82) is 0 Å². The highest BCUT2D eigenvalue weighted by Gasteiger charge is 2.32. The van der Waals surface area contributed by atoms with Crippen LogP contribution in [0.3, 0.4) is 0 Å². The second-order valence-electron chi connectivity index (χ2n) is 7.43. The Kier molecular flexibility index (Phi) is 5.67. The largest absolute Gasteiger partial charge is 0.337 e. The van der Waals surface area contributed by atoms with E-state index in [1.165, 1.54) is 5.56 Å². The number of nitrogens with one attached hydrogen (secondary N) is 1. The van der Waals surface area contributed by atoms with E-state index in [2.05, 4.69) is 10.8 Å². The van der Waals surface area contributed by atoms with Crippen LogP contribution in [0.5, 0.6) is 0 Å². The summed E-state index contributed by atoms with van der Waals surface area (Å²) in [5.41, 5.74) is 3.36. The predicted octanol–water partition coefficient (Wildman–Crippen LogP) is 2.88. The lowest BCUT2D eigenvalue weighted by atomic mass is 9.97. The molecule has 1 aliphatic heterocycles. The molecule has 0 aromatic heterocycles. The van der Waals surface area contributed by atoms with Crippen LogP contribution >= 0.6 is 0 Å². The SMILES string of the molecule is Cc1ccc(S(=O)(=O)NC(C(=O)N2CCc3ccccc3C2)C(C)C)cc1. The van der Waals surface area contributed by atoms with Crippen molar-refractivity contribution >= 4 is 15.9 Å². The average Bonchev–Trinajstić information content (AvgIpc) is 2.65. The van der Waals surface area contributed by atoms with Gasteiger partial charge in [-0.2, -0.15) is 4.72 Å². The summed E-state index contributed by atoms with van der Waals surface area (Å²) in [6.07, 6.45) is 0.789. The van der Waals surface area contributed by atoms with Crippen LogP contribution in [0.2, 0.25) is 0 Å². The Bertz CT molecular complexity index is 921. The van der Waals surface area contributed by atoms with Crippen LogP contribution in [-0.4, -0.2) is 31.8 Å². The molecular formula is C21H26N2O3S. The molecule has 1 aliphatic rings. The Morgan fingerprint density at radius 2 is 1.67 bits per heavy atom. The minimum Gasteiger partial charge on any atom is -0.337 e. The van der Waals surface area contributed by atoms with Crippen molar-refractivity contribution in [2.45, 2.75) is 44.7 Å². The molecule has 1 N–H and O–H groups in total. The van der Waals surface area contributed by atoms with Gasteiger partial charge in [-0.05, 0) is 42.5 Å². The van der Waals surface area contributed by atoms with Crippen LogP contribution < -0.4 is 4.72 Å². The van der Waals surface area contributed by atoms with Crippen LogP contribution in [0.15, 0.2) is 53.4 Å². The van der Waals surface area contributed by atoms with Gasteiger partial charge in [-0.25, -0.2) is 8.42 Å². The van der Waals surface area contributed by atoms with Gasteiger partial charge in [-0.3, -0.25) is 4.79 Å². The second-order valence-corrected chi connectivity index (χ2v) is 9.15. The molecule has 6 heteroatoms. The van der Waals surface area contributed by atoms with Gasteiger partial charge < -0.3 is 4.90 Å². The van der Waals surface area contributed by atoms with Crippen LogP contribution in [-0.2, 0) is 27.8 Å². The van der Waals surface area contributed by atoms with E-state index in [0.717, 1.165) is 17.5 Å². The molecule has 1 heterocycles. The molecule has 1 amide bonds. The summed E-state index contributed by atoms with van der Waals surface area (Å²) in [7, 11) is -3.76. The third kappa shape index (κ3) is 4.39. The van der Waals surface area contributed by atoms with Gasteiger partial charge >= 0.3 is 0 Å². The first kappa shape index (κ1) is 19.6. The summed E-state index contributed by atoms with van der Waals surface area (Å²) in [6, 6.07) is 13.9. The topological polar surface area (TPSA) is 66.5 Å².